The summed E-state index contributed by atoms with van der Waals surface area (Å²) in [6.07, 6.45) is 6.61. The summed E-state index contributed by atoms with van der Waals surface area (Å²) in [5.74, 6) is 0. The lowest BCUT2D eigenvalue weighted by molar-refractivity contribution is 0.844. The predicted octanol–water partition coefficient (Wildman–Crippen LogP) is 6.28. The lowest BCUT2D eigenvalue weighted by Crippen LogP contribution is -2.36. The molecule has 2 nitrogen and oxygen atoms in total. The van der Waals surface area contributed by atoms with Gasteiger partial charge < -0.3 is 22.4 Å². The maximum atomic E-state index is 6.80. The quantitative estimate of drug-likeness (QED) is 0.259. The summed E-state index contributed by atoms with van der Waals surface area (Å²) in [4.78, 5) is 4.33. The first-order valence-corrected chi connectivity index (χ1v) is 15.1. The predicted molar refractivity (Wildman–Crippen MR) is 154 cm³/mol. The number of benzene rings is 3. The van der Waals surface area contributed by atoms with Gasteiger partial charge in [-0.1, -0.05) is 58.3 Å². The Kier molecular flexibility index (Phi) is 6.46. The molecule has 0 unspecified atom stereocenters. The zero-order valence-electron chi connectivity index (χ0n) is 20.9. The van der Waals surface area contributed by atoms with Gasteiger partial charge in [0.25, 0.3) is 0 Å². The van der Waals surface area contributed by atoms with Gasteiger partial charge >= 0.3 is 0 Å². The van der Waals surface area contributed by atoms with Crippen molar-refractivity contribution in [3.63, 3.8) is 0 Å². The van der Waals surface area contributed by atoms with Gasteiger partial charge in [-0.05, 0) is 62.1 Å². The van der Waals surface area contributed by atoms with E-state index in [1.54, 1.807) is 5.30 Å². The molecule has 2 fully saturated rings. The first-order chi connectivity index (χ1) is 16.3. The van der Waals surface area contributed by atoms with Crippen molar-refractivity contribution in [3.8, 4) is 0 Å². The Morgan fingerprint density at radius 1 is 0.676 bits per heavy atom. The van der Waals surface area contributed by atoms with Gasteiger partial charge in [-0.2, -0.15) is 0 Å². The van der Waals surface area contributed by atoms with E-state index in [2.05, 4.69) is 117 Å². The molecule has 3 aromatic carbocycles. The van der Waals surface area contributed by atoms with E-state index in [0.29, 0.717) is 0 Å². The summed E-state index contributed by atoms with van der Waals surface area (Å²) < 4.78 is -0.426. The van der Waals surface area contributed by atoms with Gasteiger partial charge in [0.2, 0.25) is 0 Å². The SMILES string of the molecule is CN(C)c1ccc(C([S-])(C[P+](c2ccccc2)(C2CC2)C2CC2)c2ccc(N(C)C)cc2)cc1. The van der Waals surface area contributed by atoms with Crippen LogP contribution in [-0.2, 0) is 17.4 Å². The Hall–Kier alpha value is -1.96. The molecular formula is C30H37N2PS. The highest BCUT2D eigenvalue weighted by Crippen LogP contribution is 2.79. The molecule has 0 radical (unpaired) electrons. The Morgan fingerprint density at radius 3 is 1.44 bits per heavy atom. The number of nitrogens with zero attached hydrogens (tertiary/aromatic N) is 2. The third kappa shape index (κ3) is 4.38. The van der Waals surface area contributed by atoms with E-state index in [0.717, 1.165) is 17.5 Å². The largest absolute Gasteiger partial charge is 0.773 e. The van der Waals surface area contributed by atoms with Gasteiger partial charge in [0, 0.05) is 39.6 Å². The highest BCUT2D eigenvalue weighted by atomic mass is 32.1. The Labute approximate surface area is 212 Å². The van der Waals surface area contributed by atoms with Crippen molar-refractivity contribution in [2.45, 2.75) is 41.7 Å². The van der Waals surface area contributed by atoms with E-state index in [9.17, 15) is 0 Å². The van der Waals surface area contributed by atoms with Crippen LogP contribution in [0, 0.1) is 0 Å². The smallest absolute Gasteiger partial charge is 0.0945 e. The topological polar surface area (TPSA) is 6.48 Å². The summed E-state index contributed by atoms with van der Waals surface area (Å²) >= 11 is 6.80. The molecule has 0 aliphatic heterocycles. The van der Waals surface area contributed by atoms with E-state index in [1.807, 2.05) is 0 Å². The molecule has 5 rings (SSSR count). The van der Waals surface area contributed by atoms with Gasteiger partial charge in [-0.15, -0.1) is 0 Å². The monoisotopic (exact) mass is 488 g/mol. The highest BCUT2D eigenvalue weighted by molar-refractivity contribution is 7.85. The van der Waals surface area contributed by atoms with Crippen molar-refractivity contribution < 1.29 is 0 Å². The number of anilines is 2. The Bertz CT molecular complexity index is 1040. The lowest BCUT2D eigenvalue weighted by Gasteiger charge is -2.47. The van der Waals surface area contributed by atoms with Gasteiger partial charge in [0.15, 0.2) is 0 Å². The molecule has 0 aromatic heterocycles. The number of rotatable bonds is 9. The van der Waals surface area contributed by atoms with Gasteiger partial charge in [-0.3, -0.25) is 0 Å². The maximum absolute atomic E-state index is 6.80. The minimum absolute atomic E-state index is 0.426. The van der Waals surface area contributed by atoms with Crippen LogP contribution in [0.2, 0.25) is 0 Å². The maximum Gasteiger partial charge on any atom is 0.0945 e. The van der Waals surface area contributed by atoms with Crippen LogP contribution in [0.4, 0.5) is 11.4 Å². The molecule has 2 aliphatic rings. The third-order valence-corrected chi connectivity index (χ3v) is 14.5. The average molecular weight is 489 g/mol. The van der Waals surface area contributed by atoms with Crippen LogP contribution in [0.3, 0.4) is 0 Å². The summed E-state index contributed by atoms with van der Waals surface area (Å²) in [6.45, 7) is 0. The van der Waals surface area contributed by atoms with Gasteiger partial charge in [-0.25, -0.2) is 0 Å². The zero-order chi connectivity index (χ0) is 23.9. The second kappa shape index (κ2) is 9.25. The number of hydrogen-bond donors (Lipinski definition) is 0. The summed E-state index contributed by atoms with van der Waals surface area (Å²) in [7, 11) is 6.99. The average Bonchev–Trinajstić information content (AvgIpc) is 3.77. The highest BCUT2D eigenvalue weighted by Gasteiger charge is 2.63. The fraction of sp³-hybridized carbons (Fsp3) is 0.400. The summed E-state index contributed by atoms with van der Waals surface area (Å²) in [5.41, 5.74) is 6.69. The van der Waals surface area contributed by atoms with E-state index in [4.69, 9.17) is 12.6 Å². The molecule has 2 saturated carbocycles. The molecule has 2 aliphatic carbocycles. The van der Waals surface area contributed by atoms with Gasteiger partial charge in [0.1, 0.15) is 0 Å². The first-order valence-electron chi connectivity index (χ1n) is 12.5. The molecule has 4 heteroatoms. The third-order valence-electron chi connectivity index (χ3n) is 7.82. The number of hydrogen-bond acceptors (Lipinski definition) is 3. The lowest BCUT2D eigenvalue weighted by atomic mass is 9.91. The van der Waals surface area contributed by atoms with Crippen LogP contribution < -0.4 is 15.1 Å². The zero-order valence-corrected chi connectivity index (χ0v) is 22.7. The molecule has 0 N–H and O–H groups in total. The van der Waals surface area contributed by atoms with Crippen LogP contribution >= 0.6 is 7.26 Å². The molecule has 0 spiro atoms. The second-order valence-electron chi connectivity index (χ2n) is 10.6. The van der Waals surface area contributed by atoms with E-state index in [-0.39, 0.29) is 0 Å². The van der Waals surface area contributed by atoms with Crippen molar-refractivity contribution in [1.29, 1.82) is 0 Å². The van der Waals surface area contributed by atoms with E-state index in [1.165, 1.54) is 48.2 Å². The van der Waals surface area contributed by atoms with Crippen LogP contribution in [0.25, 0.3) is 0 Å². The van der Waals surface area contributed by atoms with E-state index >= 15 is 0 Å². The minimum Gasteiger partial charge on any atom is -0.773 e. The van der Waals surface area contributed by atoms with Crippen LogP contribution in [0.5, 0.6) is 0 Å². The molecule has 0 atom stereocenters. The van der Waals surface area contributed by atoms with Crippen molar-refractivity contribution in [2.75, 3.05) is 44.2 Å². The molecule has 178 valence electrons. The molecule has 0 bridgehead atoms. The molecule has 34 heavy (non-hydrogen) atoms. The standard InChI is InChI=1S/C30H37N2PS/c1-31(2)25-14-10-23(11-15-25)30(34,24-12-16-26(17-13-24)32(3)4)22-33(28-18-19-28,29-20-21-29)27-8-6-5-7-9-27/h5-17,28-29H,18-22H2,1-4H3. The molecule has 0 amide bonds. The van der Waals surface area contributed by atoms with Crippen molar-refractivity contribution in [2.24, 2.45) is 0 Å². The second-order valence-corrected chi connectivity index (χ2v) is 15.4. The minimum atomic E-state index is -1.41. The van der Waals surface area contributed by atoms with E-state index < -0.39 is 12.0 Å². The fourth-order valence-corrected chi connectivity index (χ4v) is 12.6. The molecular weight excluding hydrogens is 451 g/mol. The Morgan fingerprint density at radius 2 is 1.09 bits per heavy atom. The summed E-state index contributed by atoms with van der Waals surface area (Å²) in [6, 6.07) is 29.6. The van der Waals surface area contributed by atoms with Crippen LogP contribution in [-0.4, -0.2) is 45.7 Å². The molecule has 0 saturated heterocycles. The van der Waals surface area contributed by atoms with Crippen molar-refractivity contribution in [1.82, 2.24) is 0 Å². The van der Waals surface area contributed by atoms with Gasteiger partial charge in [0.05, 0.1) is 30.0 Å². The fourth-order valence-electron chi connectivity index (χ4n) is 5.62. The Balaban J connectivity index is 1.64. The van der Waals surface area contributed by atoms with Crippen LogP contribution in [0.15, 0.2) is 78.9 Å². The first kappa shape index (κ1) is 23.8. The molecule has 0 heterocycles. The normalized spacial score (nSPS) is 16.4. The molecule has 3 aromatic rings. The van der Waals surface area contributed by atoms with Crippen molar-refractivity contribution >= 4 is 36.6 Å². The van der Waals surface area contributed by atoms with Crippen LogP contribution in [0.1, 0.15) is 36.8 Å². The summed E-state index contributed by atoms with van der Waals surface area (Å²) in [5, 5.41) is 1.61. The van der Waals surface area contributed by atoms with Crippen molar-refractivity contribution in [3.05, 3.63) is 90.0 Å².